The Morgan fingerprint density at radius 1 is 0.312 bits per heavy atom. The molecule has 0 unspecified atom stereocenters. The van der Waals surface area contributed by atoms with Crippen LogP contribution in [0.15, 0.2) is 203 Å². The van der Waals surface area contributed by atoms with Crippen molar-refractivity contribution in [1.29, 1.82) is 0 Å². The SMILES string of the molecule is [2H]c1cccc2c1oc1c(N(c3c(C(C)(C)C)ccc4ccc(C(C)(C)C)cc34)c3ccc4ccc5c(N(c6c(C(C)(C)C)ccc7ccc(C(C)(C)C)cc67)c6cccc7c6oc6c([2H])cccc67)ccc6ccc3c4c65)cccc12. The smallest absolute Gasteiger partial charge is 0.159 e. The van der Waals surface area contributed by atoms with Crippen molar-refractivity contribution in [3.05, 3.63) is 216 Å². The topological polar surface area (TPSA) is 32.8 Å². The molecule has 2 aromatic heterocycles. The number of benzene rings is 12. The highest BCUT2D eigenvalue weighted by molar-refractivity contribution is 6.29. The number of furan rings is 2. The quantitative estimate of drug-likeness (QED) is 0.155. The molecule has 0 spiro atoms. The van der Waals surface area contributed by atoms with Gasteiger partial charge in [0, 0.05) is 43.1 Å². The first kappa shape index (κ1) is 47.4. The van der Waals surface area contributed by atoms with Crippen molar-refractivity contribution in [2.75, 3.05) is 9.80 Å². The largest absolute Gasteiger partial charge is 0.454 e. The van der Waals surface area contributed by atoms with Gasteiger partial charge in [0.2, 0.25) is 0 Å². The molecule has 0 saturated carbocycles. The van der Waals surface area contributed by atoms with Crippen molar-refractivity contribution in [1.82, 2.24) is 0 Å². The maximum Gasteiger partial charge on any atom is 0.159 e. The fraction of sp³-hybridized carbons (Fsp3) is 0.211. The van der Waals surface area contributed by atoms with Crippen LogP contribution < -0.4 is 9.80 Å². The number of rotatable bonds is 6. The molecule has 0 aliphatic rings. The summed E-state index contributed by atoms with van der Waals surface area (Å²) in [7, 11) is 0. The van der Waals surface area contributed by atoms with Crippen LogP contribution in [0.4, 0.5) is 34.1 Å². The molecule has 0 amide bonds. The van der Waals surface area contributed by atoms with Crippen LogP contribution in [0.25, 0.3) is 97.7 Å². The number of hydrogen-bond acceptors (Lipinski definition) is 4. The zero-order valence-electron chi connectivity index (χ0n) is 50.0. The summed E-state index contributed by atoms with van der Waals surface area (Å²) in [4.78, 5) is 4.98. The van der Waals surface area contributed by atoms with Crippen LogP contribution in [0.5, 0.6) is 0 Å². The summed E-state index contributed by atoms with van der Waals surface area (Å²) in [5.41, 5.74) is 12.9. The number of hydrogen-bond donors (Lipinski definition) is 0. The highest BCUT2D eigenvalue weighted by Gasteiger charge is 2.33. The van der Waals surface area contributed by atoms with Crippen molar-refractivity contribution in [3.8, 4) is 0 Å². The summed E-state index contributed by atoms with van der Waals surface area (Å²) in [6, 6.07) is 67.1. The van der Waals surface area contributed by atoms with E-state index < -0.39 is 0 Å². The van der Waals surface area contributed by atoms with E-state index in [1.807, 2.05) is 24.3 Å². The predicted octanol–water partition coefficient (Wildman–Crippen LogP) is 22.8. The Morgan fingerprint density at radius 3 is 1.09 bits per heavy atom. The maximum absolute atomic E-state index is 9.06. The molecule has 0 aliphatic heterocycles. The fourth-order valence-corrected chi connectivity index (χ4v) is 12.8. The van der Waals surface area contributed by atoms with Gasteiger partial charge >= 0.3 is 0 Å². The van der Waals surface area contributed by atoms with Crippen LogP contribution in [0, 0.1) is 0 Å². The molecule has 0 aliphatic carbocycles. The summed E-state index contributed by atoms with van der Waals surface area (Å²) in [6.07, 6.45) is 0. The zero-order chi connectivity index (χ0) is 57.1. The zero-order valence-corrected chi connectivity index (χ0v) is 48.0. The number of fused-ring (bicyclic) bond motifs is 8. The molecule has 14 rings (SSSR count). The molecular weight excluding hydrogens is 973 g/mol. The lowest BCUT2D eigenvalue weighted by atomic mass is 9.81. The molecule has 2 heterocycles. The first-order chi connectivity index (χ1) is 39.0. The highest BCUT2D eigenvalue weighted by Crippen LogP contribution is 2.55. The Morgan fingerprint density at radius 2 is 0.688 bits per heavy atom. The second kappa shape index (κ2) is 17.4. The first-order valence-electron chi connectivity index (χ1n) is 29.3. The van der Waals surface area contributed by atoms with Gasteiger partial charge in [0.25, 0.3) is 0 Å². The number of nitrogens with zero attached hydrogens (tertiary/aromatic N) is 2. The van der Waals surface area contributed by atoms with E-state index in [2.05, 4.69) is 251 Å². The average molecular weight is 1040 g/mol. The van der Waals surface area contributed by atoms with Gasteiger partial charge < -0.3 is 18.6 Å². The van der Waals surface area contributed by atoms with E-state index >= 15 is 0 Å². The summed E-state index contributed by atoms with van der Waals surface area (Å²) >= 11 is 0. The second-order valence-corrected chi connectivity index (χ2v) is 26.4. The molecule has 0 fully saturated rings. The van der Waals surface area contributed by atoms with Gasteiger partial charge in [-0.05, 0) is 125 Å². The summed E-state index contributed by atoms with van der Waals surface area (Å²) in [5.74, 6) is 0. The number of para-hydroxylation sites is 4. The van der Waals surface area contributed by atoms with Crippen molar-refractivity contribution in [2.45, 2.75) is 105 Å². The second-order valence-electron chi connectivity index (χ2n) is 26.4. The monoisotopic (exact) mass is 1040 g/mol. The molecular formula is C76H68N2O2. The minimum atomic E-state index is -0.274. The van der Waals surface area contributed by atoms with Gasteiger partial charge in [-0.25, -0.2) is 0 Å². The Kier molecular flexibility index (Phi) is 10.3. The summed E-state index contributed by atoms with van der Waals surface area (Å²) in [6.45, 7) is 27.7. The van der Waals surface area contributed by atoms with Gasteiger partial charge in [-0.3, -0.25) is 0 Å². The number of anilines is 6. The minimum Gasteiger partial charge on any atom is -0.454 e. The molecule has 4 nitrogen and oxygen atoms in total. The lowest BCUT2D eigenvalue weighted by Gasteiger charge is -2.35. The minimum absolute atomic E-state index is 0.106. The van der Waals surface area contributed by atoms with Crippen LogP contribution in [-0.4, -0.2) is 0 Å². The van der Waals surface area contributed by atoms with E-state index in [9.17, 15) is 0 Å². The lowest BCUT2D eigenvalue weighted by Crippen LogP contribution is -2.20. The highest BCUT2D eigenvalue weighted by atomic mass is 16.3. The van der Waals surface area contributed by atoms with Crippen molar-refractivity contribution < 1.29 is 11.6 Å². The van der Waals surface area contributed by atoms with Crippen molar-refractivity contribution in [2.24, 2.45) is 0 Å². The van der Waals surface area contributed by atoms with Gasteiger partial charge in [0.15, 0.2) is 11.2 Å². The van der Waals surface area contributed by atoms with Gasteiger partial charge in [0.1, 0.15) is 11.2 Å². The fourth-order valence-electron chi connectivity index (χ4n) is 12.8. The Hall–Kier alpha value is -8.60. The van der Waals surface area contributed by atoms with Gasteiger partial charge in [-0.15, -0.1) is 0 Å². The predicted molar refractivity (Wildman–Crippen MR) is 344 cm³/mol. The third-order valence-electron chi connectivity index (χ3n) is 17.0. The van der Waals surface area contributed by atoms with E-state index in [-0.39, 0.29) is 21.7 Å². The Bertz CT molecular complexity index is 4630. The maximum atomic E-state index is 9.06. The Balaban J connectivity index is 1.12. The molecule has 4 heteroatoms. The molecule has 0 radical (unpaired) electrons. The molecule has 0 saturated heterocycles. The van der Waals surface area contributed by atoms with Crippen LogP contribution in [-0.2, 0) is 21.7 Å². The lowest BCUT2D eigenvalue weighted by molar-refractivity contribution is 0.589. The molecule has 0 N–H and O–H groups in total. The van der Waals surface area contributed by atoms with Crippen LogP contribution >= 0.6 is 0 Å². The van der Waals surface area contributed by atoms with Gasteiger partial charge in [-0.2, -0.15) is 0 Å². The molecule has 14 aromatic rings. The van der Waals surface area contributed by atoms with E-state index in [1.165, 1.54) is 33.0 Å². The molecule has 0 atom stereocenters. The van der Waals surface area contributed by atoms with E-state index in [4.69, 9.17) is 11.6 Å². The van der Waals surface area contributed by atoms with Crippen LogP contribution in [0.1, 0.15) is 108 Å². The average Bonchev–Trinajstić information content (AvgIpc) is 1.64. The third kappa shape index (κ3) is 7.70. The molecule has 0 bridgehead atoms. The van der Waals surface area contributed by atoms with Crippen LogP contribution in [0.2, 0.25) is 0 Å². The normalized spacial score (nSPS) is 13.3. The Labute approximate surface area is 472 Å². The van der Waals surface area contributed by atoms with E-state index in [0.717, 1.165) is 110 Å². The van der Waals surface area contributed by atoms with Gasteiger partial charge in [0.05, 0.1) is 36.9 Å². The first-order valence-corrected chi connectivity index (χ1v) is 28.3. The molecule has 12 aromatic carbocycles. The van der Waals surface area contributed by atoms with Crippen molar-refractivity contribution >= 4 is 132 Å². The van der Waals surface area contributed by atoms with Crippen molar-refractivity contribution in [3.63, 3.8) is 0 Å². The van der Waals surface area contributed by atoms with E-state index in [1.54, 1.807) is 0 Å². The standard InChI is InChI=1S/C76H68N2O2/c1-73(2,3)49-35-27-45-31-39-59(75(7,8)9)69(57(45)43-49)77(63-23-17-21-53-51-19-13-15-25-65(51)79-71(53)63)61-41-33-47-30-38-56-62(42-34-48-29-37-55(61)67(47)68(48)56)78(64-24-18-22-54-52-20-14-16-26-66(52)80-72(54)64)70-58-44-50(74(4,5)6)36-28-46(58)32-40-60(70)76(10,11)12/h13-44H,1-12H3/i25D,26D. The third-order valence-corrected chi connectivity index (χ3v) is 17.0. The van der Waals surface area contributed by atoms with Gasteiger partial charge in [-0.1, -0.05) is 229 Å². The van der Waals surface area contributed by atoms with Crippen LogP contribution in [0.3, 0.4) is 0 Å². The summed E-state index contributed by atoms with van der Waals surface area (Å²) < 4.78 is 32.1. The van der Waals surface area contributed by atoms with E-state index in [0.29, 0.717) is 23.3 Å². The molecule has 394 valence electrons. The summed E-state index contributed by atoms with van der Waals surface area (Å²) in [5, 5.41) is 15.3. The molecule has 80 heavy (non-hydrogen) atoms.